The summed E-state index contributed by atoms with van der Waals surface area (Å²) in [5.41, 5.74) is 0.150. The van der Waals surface area contributed by atoms with Crippen molar-refractivity contribution >= 4 is 27.2 Å². The minimum atomic E-state index is -3.10. The van der Waals surface area contributed by atoms with Crippen molar-refractivity contribution in [2.45, 2.75) is 38.8 Å². The molecule has 1 aliphatic heterocycles. The van der Waals surface area contributed by atoms with Crippen molar-refractivity contribution in [3.05, 3.63) is 35.9 Å². The summed E-state index contributed by atoms with van der Waals surface area (Å²) >= 11 is 0. The number of carbonyl (C=O) groups is 2. The molecule has 8 nitrogen and oxygen atoms in total. The maximum absolute atomic E-state index is 12.6. The number of nitrogens with one attached hydrogen (secondary N) is 2. The summed E-state index contributed by atoms with van der Waals surface area (Å²) in [4.78, 5) is 29.4. The molecule has 3 heterocycles. The SMILES string of the molecule is CC(C)(C)NC(=O)c1nc(C(=O)NC2CCS(=O)(=O)C2)c2ccccn12. The number of imidazole rings is 1. The number of aromatic nitrogens is 2. The fraction of sp³-hybridized carbons (Fsp3) is 0.471. The Morgan fingerprint density at radius 2 is 1.96 bits per heavy atom. The van der Waals surface area contributed by atoms with Crippen molar-refractivity contribution in [2.24, 2.45) is 0 Å². The van der Waals surface area contributed by atoms with Gasteiger partial charge in [0.1, 0.15) is 0 Å². The largest absolute Gasteiger partial charge is 0.347 e. The second-order valence-electron chi connectivity index (χ2n) is 7.52. The molecular weight excluding hydrogens is 356 g/mol. The molecule has 0 saturated carbocycles. The molecule has 1 saturated heterocycles. The van der Waals surface area contributed by atoms with E-state index in [1.54, 1.807) is 28.8 Å². The van der Waals surface area contributed by atoms with E-state index in [2.05, 4.69) is 15.6 Å². The van der Waals surface area contributed by atoms with Gasteiger partial charge in [0, 0.05) is 17.8 Å². The van der Waals surface area contributed by atoms with Crippen LogP contribution in [0.3, 0.4) is 0 Å². The average Bonchev–Trinajstić information content (AvgIpc) is 3.06. The van der Waals surface area contributed by atoms with E-state index >= 15 is 0 Å². The van der Waals surface area contributed by atoms with Crippen molar-refractivity contribution < 1.29 is 18.0 Å². The number of amides is 2. The summed E-state index contributed by atoms with van der Waals surface area (Å²) in [5, 5.41) is 5.55. The molecule has 2 aromatic rings. The monoisotopic (exact) mass is 378 g/mol. The van der Waals surface area contributed by atoms with Gasteiger partial charge < -0.3 is 10.6 Å². The van der Waals surface area contributed by atoms with Gasteiger partial charge in [-0.3, -0.25) is 14.0 Å². The number of rotatable bonds is 3. The molecule has 1 fully saturated rings. The number of hydrogen-bond acceptors (Lipinski definition) is 5. The molecule has 0 aromatic carbocycles. The highest BCUT2D eigenvalue weighted by atomic mass is 32.2. The average molecular weight is 378 g/mol. The molecule has 0 aliphatic carbocycles. The normalized spacial score (nSPS) is 19.4. The number of sulfone groups is 1. The van der Waals surface area contributed by atoms with Gasteiger partial charge in [-0.25, -0.2) is 13.4 Å². The van der Waals surface area contributed by atoms with Crippen LogP contribution < -0.4 is 10.6 Å². The third-order valence-corrected chi connectivity index (χ3v) is 5.79. The third kappa shape index (κ3) is 3.87. The first kappa shape index (κ1) is 18.4. The molecule has 1 aliphatic rings. The molecule has 1 atom stereocenters. The van der Waals surface area contributed by atoms with E-state index in [1.807, 2.05) is 20.8 Å². The highest BCUT2D eigenvalue weighted by molar-refractivity contribution is 7.91. The van der Waals surface area contributed by atoms with E-state index in [0.717, 1.165) is 0 Å². The van der Waals surface area contributed by atoms with Gasteiger partial charge in [0.25, 0.3) is 11.8 Å². The Morgan fingerprint density at radius 1 is 1.23 bits per heavy atom. The van der Waals surface area contributed by atoms with Gasteiger partial charge >= 0.3 is 0 Å². The lowest BCUT2D eigenvalue weighted by atomic mass is 10.1. The van der Waals surface area contributed by atoms with Crippen LogP contribution in [0.4, 0.5) is 0 Å². The number of pyridine rings is 1. The van der Waals surface area contributed by atoms with Gasteiger partial charge in [0.15, 0.2) is 15.5 Å². The van der Waals surface area contributed by atoms with Crippen LogP contribution in [-0.2, 0) is 9.84 Å². The lowest BCUT2D eigenvalue weighted by Crippen LogP contribution is -2.41. The Bertz CT molecular complexity index is 972. The predicted octanol–water partition coefficient (Wildman–Crippen LogP) is 0.780. The van der Waals surface area contributed by atoms with Crippen LogP contribution >= 0.6 is 0 Å². The molecular formula is C17H22N4O4S. The van der Waals surface area contributed by atoms with Gasteiger partial charge in [-0.05, 0) is 39.3 Å². The van der Waals surface area contributed by atoms with Crippen molar-refractivity contribution in [1.29, 1.82) is 0 Å². The van der Waals surface area contributed by atoms with Gasteiger partial charge in [0.05, 0.1) is 17.0 Å². The first-order valence-electron chi connectivity index (χ1n) is 8.37. The number of nitrogens with zero attached hydrogens (tertiary/aromatic N) is 2. The Hall–Kier alpha value is -2.42. The lowest BCUT2D eigenvalue weighted by Gasteiger charge is -2.19. The molecule has 0 bridgehead atoms. The summed E-state index contributed by atoms with van der Waals surface area (Å²) in [5.74, 6) is -0.755. The van der Waals surface area contributed by atoms with Gasteiger partial charge in [-0.15, -0.1) is 0 Å². The summed E-state index contributed by atoms with van der Waals surface area (Å²) in [6.07, 6.45) is 2.05. The van der Waals surface area contributed by atoms with E-state index in [1.165, 1.54) is 0 Å². The van der Waals surface area contributed by atoms with Crippen molar-refractivity contribution in [3.8, 4) is 0 Å². The molecule has 3 rings (SSSR count). The smallest absolute Gasteiger partial charge is 0.288 e. The van der Waals surface area contributed by atoms with Crippen LogP contribution in [0.2, 0.25) is 0 Å². The van der Waals surface area contributed by atoms with Crippen LogP contribution in [0.5, 0.6) is 0 Å². The Morgan fingerprint density at radius 3 is 2.58 bits per heavy atom. The van der Waals surface area contributed by atoms with Gasteiger partial charge in [-0.1, -0.05) is 6.07 Å². The lowest BCUT2D eigenvalue weighted by molar-refractivity contribution is 0.0908. The highest BCUT2D eigenvalue weighted by Gasteiger charge is 2.31. The van der Waals surface area contributed by atoms with Crippen LogP contribution in [0.1, 0.15) is 48.3 Å². The molecule has 2 aromatic heterocycles. The molecule has 26 heavy (non-hydrogen) atoms. The topological polar surface area (TPSA) is 110 Å². The fourth-order valence-corrected chi connectivity index (χ4v) is 4.60. The van der Waals surface area contributed by atoms with Crippen molar-refractivity contribution in [1.82, 2.24) is 20.0 Å². The van der Waals surface area contributed by atoms with E-state index in [4.69, 9.17) is 0 Å². The second kappa shape index (κ2) is 6.39. The molecule has 2 N–H and O–H groups in total. The van der Waals surface area contributed by atoms with Crippen molar-refractivity contribution in [3.63, 3.8) is 0 Å². The second-order valence-corrected chi connectivity index (χ2v) is 9.75. The zero-order chi connectivity index (χ0) is 19.1. The fourth-order valence-electron chi connectivity index (χ4n) is 2.92. The van der Waals surface area contributed by atoms with E-state index in [9.17, 15) is 18.0 Å². The summed E-state index contributed by atoms with van der Waals surface area (Å²) in [7, 11) is -3.10. The first-order valence-corrected chi connectivity index (χ1v) is 10.2. The number of hydrogen-bond donors (Lipinski definition) is 2. The van der Waals surface area contributed by atoms with E-state index < -0.39 is 27.3 Å². The maximum atomic E-state index is 12.6. The van der Waals surface area contributed by atoms with Gasteiger partial charge in [0.2, 0.25) is 5.82 Å². The Balaban J connectivity index is 1.91. The highest BCUT2D eigenvalue weighted by Crippen LogP contribution is 2.16. The predicted molar refractivity (Wildman–Crippen MR) is 96.9 cm³/mol. The number of carbonyl (C=O) groups excluding carboxylic acids is 2. The van der Waals surface area contributed by atoms with Crippen LogP contribution in [0.15, 0.2) is 24.4 Å². The number of fused-ring (bicyclic) bond motifs is 1. The van der Waals surface area contributed by atoms with E-state index in [-0.39, 0.29) is 28.9 Å². The molecule has 0 radical (unpaired) electrons. The maximum Gasteiger partial charge on any atom is 0.288 e. The molecule has 140 valence electrons. The van der Waals surface area contributed by atoms with Crippen molar-refractivity contribution in [2.75, 3.05) is 11.5 Å². The van der Waals surface area contributed by atoms with Gasteiger partial charge in [-0.2, -0.15) is 0 Å². The Labute approximate surface area is 151 Å². The minimum Gasteiger partial charge on any atom is -0.347 e. The van der Waals surface area contributed by atoms with Crippen LogP contribution in [0.25, 0.3) is 5.52 Å². The summed E-state index contributed by atoms with van der Waals surface area (Å²) in [6, 6.07) is 4.76. The minimum absolute atomic E-state index is 0.0676. The van der Waals surface area contributed by atoms with Crippen LogP contribution in [0, 0.1) is 0 Å². The first-order chi connectivity index (χ1) is 12.1. The molecule has 1 unspecified atom stereocenters. The standard InChI is InChI=1S/C17H22N4O4S/c1-17(2,3)20-16(23)14-19-13(12-6-4-5-8-21(12)14)15(22)18-11-7-9-26(24,25)10-11/h4-6,8,11H,7,9-10H2,1-3H3,(H,18,22)(H,20,23). The summed E-state index contributed by atoms with van der Waals surface area (Å²) in [6.45, 7) is 5.57. The van der Waals surface area contributed by atoms with Crippen LogP contribution in [-0.4, -0.2) is 52.7 Å². The summed E-state index contributed by atoms with van der Waals surface area (Å²) < 4.78 is 24.7. The zero-order valence-electron chi connectivity index (χ0n) is 14.9. The molecule has 0 spiro atoms. The molecule has 9 heteroatoms. The molecule has 2 amide bonds. The Kier molecular flexibility index (Phi) is 4.51. The zero-order valence-corrected chi connectivity index (χ0v) is 15.8. The van der Waals surface area contributed by atoms with E-state index in [0.29, 0.717) is 11.9 Å². The quantitative estimate of drug-likeness (QED) is 0.820. The third-order valence-electron chi connectivity index (χ3n) is 4.02.